The Morgan fingerprint density at radius 1 is 0.931 bits per heavy atom. The fourth-order valence-corrected chi connectivity index (χ4v) is 3.80. The lowest BCUT2D eigenvalue weighted by Crippen LogP contribution is -2.37. The number of benzene rings is 2. The van der Waals surface area contributed by atoms with Crippen molar-refractivity contribution in [2.45, 2.75) is 57.4 Å². The van der Waals surface area contributed by atoms with Gasteiger partial charge in [0.05, 0.1) is 12.3 Å². The summed E-state index contributed by atoms with van der Waals surface area (Å²) in [6.07, 6.45) is 5.90. The highest BCUT2D eigenvalue weighted by Gasteiger charge is 2.22. The first-order valence-electron chi connectivity index (χ1n) is 10.4. The van der Waals surface area contributed by atoms with Gasteiger partial charge in [0.25, 0.3) is 5.91 Å². The van der Waals surface area contributed by atoms with Crippen LogP contribution in [0.25, 0.3) is 0 Å². The summed E-state index contributed by atoms with van der Waals surface area (Å²) >= 11 is 0. The van der Waals surface area contributed by atoms with Crippen LogP contribution in [0.3, 0.4) is 0 Å². The van der Waals surface area contributed by atoms with Crippen LogP contribution in [0.15, 0.2) is 65.8 Å². The molecular weight excluding hydrogens is 362 g/mol. The van der Waals surface area contributed by atoms with Crippen molar-refractivity contribution in [1.29, 1.82) is 0 Å². The van der Waals surface area contributed by atoms with Crippen LogP contribution in [0, 0.1) is 0 Å². The predicted octanol–water partition coefficient (Wildman–Crippen LogP) is 4.15. The molecule has 3 rings (SSSR count). The van der Waals surface area contributed by atoms with Crippen LogP contribution in [-0.2, 0) is 9.59 Å². The van der Waals surface area contributed by atoms with Crippen molar-refractivity contribution in [3.05, 3.63) is 71.8 Å². The standard InChI is InChI=1S/C24H29N3O2/c1-18(17-22(28)25-21-15-9-4-10-16-21)26-27-24(29)23(19-11-5-2-6-12-19)20-13-7-3-8-14-20/h2-3,5-8,11-14,21,23H,4,9-10,15-17H2,1H3,(H,25,28)(H,27,29)/b26-18+. The molecule has 0 aromatic heterocycles. The fraction of sp³-hybridized carbons (Fsp3) is 0.375. The van der Waals surface area contributed by atoms with E-state index in [-0.39, 0.29) is 24.3 Å². The van der Waals surface area contributed by atoms with Gasteiger partial charge in [0, 0.05) is 11.8 Å². The van der Waals surface area contributed by atoms with Gasteiger partial charge in [0.15, 0.2) is 0 Å². The van der Waals surface area contributed by atoms with Crippen molar-refractivity contribution in [2.75, 3.05) is 0 Å². The monoisotopic (exact) mass is 391 g/mol. The highest BCUT2D eigenvalue weighted by molar-refractivity contribution is 6.00. The molecule has 0 spiro atoms. The SMILES string of the molecule is C/C(CC(=O)NC1CCCCC1)=N\NC(=O)C(c1ccccc1)c1ccccc1. The Balaban J connectivity index is 1.62. The third-order valence-electron chi connectivity index (χ3n) is 5.27. The van der Waals surface area contributed by atoms with Crippen LogP contribution in [0.1, 0.15) is 62.5 Å². The maximum atomic E-state index is 12.9. The summed E-state index contributed by atoms with van der Waals surface area (Å²) in [5.41, 5.74) is 5.05. The second-order valence-electron chi connectivity index (χ2n) is 7.66. The van der Waals surface area contributed by atoms with Gasteiger partial charge in [-0.15, -0.1) is 0 Å². The lowest BCUT2D eigenvalue weighted by Gasteiger charge is -2.22. The molecule has 2 aromatic rings. The normalized spacial score (nSPS) is 15.2. The highest BCUT2D eigenvalue weighted by Crippen LogP contribution is 2.24. The van der Waals surface area contributed by atoms with E-state index in [1.165, 1.54) is 19.3 Å². The summed E-state index contributed by atoms with van der Waals surface area (Å²) < 4.78 is 0. The average molecular weight is 392 g/mol. The molecule has 0 saturated heterocycles. The highest BCUT2D eigenvalue weighted by atomic mass is 16.2. The molecule has 0 radical (unpaired) electrons. The van der Waals surface area contributed by atoms with E-state index in [4.69, 9.17) is 0 Å². The van der Waals surface area contributed by atoms with Crippen molar-refractivity contribution >= 4 is 17.5 Å². The van der Waals surface area contributed by atoms with E-state index in [0.717, 1.165) is 24.0 Å². The van der Waals surface area contributed by atoms with Crippen LogP contribution < -0.4 is 10.7 Å². The number of rotatable bonds is 7. The average Bonchev–Trinajstić information content (AvgIpc) is 2.75. The summed E-state index contributed by atoms with van der Waals surface area (Å²) in [6.45, 7) is 1.76. The third-order valence-corrected chi connectivity index (χ3v) is 5.27. The molecule has 0 unspecified atom stereocenters. The van der Waals surface area contributed by atoms with Crippen LogP contribution in [-0.4, -0.2) is 23.6 Å². The molecule has 1 aliphatic carbocycles. The van der Waals surface area contributed by atoms with E-state index in [2.05, 4.69) is 15.8 Å². The molecule has 1 fully saturated rings. The Morgan fingerprint density at radius 2 is 1.48 bits per heavy atom. The number of hydrogen-bond donors (Lipinski definition) is 2. The van der Waals surface area contributed by atoms with Gasteiger partial charge in [-0.1, -0.05) is 79.9 Å². The van der Waals surface area contributed by atoms with E-state index in [1.807, 2.05) is 60.7 Å². The maximum Gasteiger partial charge on any atom is 0.252 e. The predicted molar refractivity (Wildman–Crippen MR) is 116 cm³/mol. The number of hydrazone groups is 1. The van der Waals surface area contributed by atoms with Crippen molar-refractivity contribution in [2.24, 2.45) is 5.10 Å². The van der Waals surface area contributed by atoms with Crippen molar-refractivity contribution < 1.29 is 9.59 Å². The number of carbonyl (C=O) groups is 2. The number of nitrogens with zero attached hydrogens (tertiary/aromatic N) is 1. The second-order valence-corrected chi connectivity index (χ2v) is 7.66. The Morgan fingerprint density at radius 3 is 2.03 bits per heavy atom. The van der Waals surface area contributed by atoms with E-state index >= 15 is 0 Å². The van der Waals surface area contributed by atoms with Crippen molar-refractivity contribution in [3.63, 3.8) is 0 Å². The minimum Gasteiger partial charge on any atom is -0.353 e. The second kappa shape index (κ2) is 10.6. The molecule has 5 heteroatoms. The molecule has 0 bridgehead atoms. The Hall–Kier alpha value is -2.95. The minimum atomic E-state index is -0.454. The topological polar surface area (TPSA) is 70.6 Å². The molecule has 5 nitrogen and oxygen atoms in total. The largest absolute Gasteiger partial charge is 0.353 e. The van der Waals surface area contributed by atoms with Crippen LogP contribution in [0.4, 0.5) is 0 Å². The Bertz CT molecular complexity index is 788. The minimum absolute atomic E-state index is 0.0323. The number of carbonyl (C=O) groups excluding carboxylic acids is 2. The first kappa shape index (κ1) is 20.8. The Labute approximate surface area is 172 Å². The van der Waals surface area contributed by atoms with Gasteiger partial charge in [0.1, 0.15) is 0 Å². The quantitative estimate of drug-likeness (QED) is 0.550. The Kier molecular flexibility index (Phi) is 7.56. The zero-order valence-corrected chi connectivity index (χ0v) is 16.9. The van der Waals surface area contributed by atoms with Gasteiger partial charge in [-0.25, -0.2) is 5.43 Å². The number of hydrogen-bond acceptors (Lipinski definition) is 3. The summed E-state index contributed by atoms with van der Waals surface area (Å²) in [4.78, 5) is 25.2. The number of amides is 2. The van der Waals surface area contributed by atoms with Gasteiger partial charge in [-0.3, -0.25) is 9.59 Å². The first-order valence-corrected chi connectivity index (χ1v) is 10.4. The molecule has 2 aromatic carbocycles. The first-order chi connectivity index (χ1) is 14.1. The molecule has 0 aliphatic heterocycles. The third kappa shape index (κ3) is 6.28. The summed E-state index contributed by atoms with van der Waals surface area (Å²) in [5, 5.41) is 7.26. The molecule has 29 heavy (non-hydrogen) atoms. The molecular formula is C24H29N3O2. The lowest BCUT2D eigenvalue weighted by molar-refractivity contribution is -0.122. The zero-order valence-electron chi connectivity index (χ0n) is 16.9. The van der Waals surface area contributed by atoms with Gasteiger partial charge in [-0.05, 0) is 30.9 Å². The van der Waals surface area contributed by atoms with Gasteiger partial charge < -0.3 is 5.32 Å². The van der Waals surface area contributed by atoms with Crippen LogP contribution in [0.2, 0.25) is 0 Å². The van der Waals surface area contributed by atoms with Gasteiger partial charge in [-0.2, -0.15) is 5.10 Å². The van der Waals surface area contributed by atoms with Gasteiger partial charge in [0.2, 0.25) is 5.91 Å². The molecule has 0 atom stereocenters. The van der Waals surface area contributed by atoms with Crippen molar-refractivity contribution in [3.8, 4) is 0 Å². The maximum absolute atomic E-state index is 12.9. The van der Waals surface area contributed by atoms with Gasteiger partial charge >= 0.3 is 0 Å². The number of nitrogens with one attached hydrogen (secondary N) is 2. The van der Waals surface area contributed by atoms with Crippen LogP contribution in [0.5, 0.6) is 0 Å². The molecule has 0 heterocycles. The summed E-state index contributed by atoms with van der Waals surface area (Å²) in [7, 11) is 0. The molecule has 1 saturated carbocycles. The van der Waals surface area contributed by atoms with E-state index in [1.54, 1.807) is 6.92 Å². The molecule has 1 aliphatic rings. The van der Waals surface area contributed by atoms with E-state index < -0.39 is 5.92 Å². The summed E-state index contributed by atoms with van der Waals surface area (Å²) in [5.74, 6) is -0.700. The zero-order chi connectivity index (χ0) is 20.5. The molecule has 2 N–H and O–H groups in total. The van der Waals surface area contributed by atoms with E-state index in [9.17, 15) is 9.59 Å². The van der Waals surface area contributed by atoms with Crippen molar-refractivity contribution in [1.82, 2.24) is 10.7 Å². The smallest absolute Gasteiger partial charge is 0.252 e. The van der Waals surface area contributed by atoms with E-state index in [0.29, 0.717) is 5.71 Å². The lowest BCUT2D eigenvalue weighted by atomic mass is 9.91. The molecule has 2 amide bonds. The molecule has 152 valence electrons. The summed E-state index contributed by atoms with van der Waals surface area (Å²) in [6, 6.07) is 19.6. The van der Waals surface area contributed by atoms with Crippen LogP contribution >= 0.6 is 0 Å². The fourth-order valence-electron chi connectivity index (χ4n) is 3.80.